The second-order valence-electron chi connectivity index (χ2n) is 6.89. The fourth-order valence-corrected chi connectivity index (χ4v) is 6.37. The molecular formula is C16H28N4O3S. The number of sulfonamides is 1. The summed E-state index contributed by atoms with van der Waals surface area (Å²) in [4.78, 5) is 2.69. The van der Waals surface area contributed by atoms with E-state index < -0.39 is 10.0 Å². The van der Waals surface area contributed by atoms with Crippen LogP contribution in [0.4, 0.5) is 0 Å². The lowest BCUT2D eigenvalue weighted by molar-refractivity contribution is 0.00237. The van der Waals surface area contributed by atoms with Crippen LogP contribution in [0, 0.1) is 19.8 Å². The minimum absolute atomic E-state index is 0.0207. The molecule has 2 aliphatic heterocycles. The number of piperidine rings is 1. The van der Waals surface area contributed by atoms with E-state index in [9.17, 15) is 8.42 Å². The van der Waals surface area contributed by atoms with Gasteiger partial charge in [-0.3, -0.25) is 4.68 Å². The van der Waals surface area contributed by atoms with E-state index in [0.717, 1.165) is 26.1 Å². The van der Waals surface area contributed by atoms with E-state index in [1.54, 1.807) is 30.1 Å². The topological polar surface area (TPSA) is 67.7 Å². The first-order valence-electron chi connectivity index (χ1n) is 8.58. The number of hydrogen-bond donors (Lipinski definition) is 0. The van der Waals surface area contributed by atoms with Gasteiger partial charge in [-0.2, -0.15) is 9.40 Å². The van der Waals surface area contributed by atoms with Gasteiger partial charge < -0.3 is 9.64 Å². The number of aryl methyl sites for hydroxylation is 2. The Kier molecular flexibility index (Phi) is 4.76. The molecule has 2 saturated heterocycles. The maximum atomic E-state index is 13.4. The van der Waals surface area contributed by atoms with Gasteiger partial charge in [0.15, 0.2) is 0 Å². The fourth-order valence-electron chi connectivity index (χ4n) is 4.29. The summed E-state index contributed by atoms with van der Waals surface area (Å²) < 4.78 is 35.8. The Morgan fingerprint density at radius 2 is 2.00 bits per heavy atom. The molecule has 0 amide bonds. The van der Waals surface area contributed by atoms with Crippen LogP contribution in [0.15, 0.2) is 4.90 Å². The largest absolute Gasteiger partial charge is 0.381 e. The summed E-state index contributed by atoms with van der Waals surface area (Å²) in [6.45, 7) is 8.82. The maximum Gasteiger partial charge on any atom is 0.247 e. The van der Waals surface area contributed by atoms with E-state index in [0.29, 0.717) is 22.8 Å². The van der Waals surface area contributed by atoms with Gasteiger partial charge in [0.2, 0.25) is 10.0 Å². The lowest BCUT2D eigenvalue weighted by atomic mass is 9.91. The van der Waals surface area contributed by atoms with Crippen molar-refractivity contribution in [2.75, 3.05) is 33.3 Å². The maximum absolute atomic E-state index is 13.4. The van der Waals surface area contributed by atoms with Crippen molar-refractivity contribution in [3.8, 4) is 0 Å². The molecule has 2 fully saturated rings. The van der Waals surface area contributed by atoms with Gasteiger partial charge in [-0.1, -0.05) is 6.92 Å². The van der Waals surface area contributed by atoms with Gasteiger partial charge in [0.25, 0.3) is 0 Å². The van der Waals surface area contributed by atoms with Crippen LogP contribution >= 0.6 is 0 Å². The third-order valence-corrected chi connectivity index (χ3v) is 7.83. The molecule has 136 valence electrons. The zero-order valence-corrected chi connectivity index (χ0v) is 16.0. The summed E-state index contributed by atoms with van der Waals surface area (Å²) in [5.41, 5.74) is 1.27. The standard InChI is InChI=1S/C16H28N4O3S/c1-6-19-9-13-14(10-19)20(8-7-15(13)23-5)24(21,22)16-11(2)17-18(4)12(16)3/h13-15H,6-10H2,1-5H3/t13-,14+,15+/m0/s1. The molecule has 0 saturated carbocycles. The lowest BCUT2D eigenvalue weighted by Gasteiger charge is -2.40. The molecule has 0 radical (unpaired) electrons. The second kappa shape index (κ2) is 6.40. The van der Waals surface area contributed by atoms with Crippen molar-refractivity contribution in [1.29, 1.82) is 0 Å². The highest BCUT2D eigenvalue weighted by Gasteiger charge is 2.49. The third-order valence-electron chi connectivity index (χ3n) is 5.65. The van der Waals surface area contributed by atoms with E-state index in [2.05, 4.69) is 16.9 Å². The first-order chi connectivity index (χ1) is 11.3. The van der Waals surface area contributed by atoms with Crippen molar-refractivity contribution >= 4 is 10.0 Å². The molecule has 0 aromatic carbocycles. The van der Waals surface area contributed by atoms with E-state index in [1.165, 1.54) is 0 Å². The SMILES string of the molecule is CCN1C[C@H]2[C@@H](C1)N(S(=O)(=O)c1c(C)nn(C)c1C)CC[C@H]2OC. The molecule has 8 heteroatoms. The molecule has 0 N–H and O–H groups in total. The fraction of sp³-hybridized carbons (Fsp3) is 0.812. The first-order valence-corrected chi connectivity index (χ1v) is 10.0. The average molecular weight is 356 g/mol. The quantitative estimate of drug-likeness (QED) is 0.797. The number of aromatic nitrogens is 2. The second-order valence-corrected chi connectivity index (χ2v) is 8.71. The summed E-state index contributed by atoms with van der Waals surface area (Å²) in [5.74, 6) is 0.232. The Bertz CT molecular complexity index is 715. The number of fused-ring (bicyclic) bond motifs is 1. The summed E-state index contributed by atoms with van der Waals surface area (Å²) >= 11 is 0. The van der Waals surface area contributed by atoms with Gasteiger partial charge in [-0.05, 0) is 26.8 Å². The van der Waals surface area contributed by atoms with Gasteiger partial charge in [-0.25, -0.2) is 8.42 Å². The number of likely N-dealkylation sites (N-methyl/N-ethyl adjacent to an activating group) is 1. The Morgan fingerprint density at radius 3 is 2.54 bits per heavy atom. The summed E-state index contributed by atoms with van der Waals surface area (Å²) in [5, 5.41) is 4.30. The van der Waals surface area contributed by atoms with Crippen molar-refractivity contribution in [2.45, 2.75) is 44.2 Å². The van der Waals surface area contributed by atoms with Crippen molar-refractivity contribution in [3.05, 3.63) is 11.4 Å². The van der Waals surface area contributed by atoms with Crippen LogP contribution in [0.25, 0.3) is 0 Å². The number of ether oxygens (including phenoxy) is 1. The first kappa shape index (κ1) is 17.8. The molecule has 24 heavy (non-hydrogen) atoms. The molecule has 0 spiro atoms. The zero-order chi connectivity index (χ0) is 17.6. The highest BCUT2D eigenvalue weighted by molar-refractivity contribution is 7.89. The molecule has 0 bridgehead atoms. The lowest BCUT2D eigenvalue weighted by Crippen LogP contribution is -2.53. The van der Waals surface area contributed by atoms with Gasteiger partial charge in [0.1, 0.15) is 4.90 Å². The van der Waals surface area contributed by atoms with Crippen LogP contribution in [-0.4, -0.2) is 72.8 Å². The van der Waals surface area contributed by atoms with Crippen molar-refractivity contribution < 1.29 is 13.2 Å². The van der Waals surface area contributed by atoms with Gasteiger partial charge in [0, 0.05) is 45.8 Å². The highest BCUT2D eigenvalue weighted by Crippen LogP contribution is 2.36. The van der Waals surface area contributed by atoms with E-state index >= 15 is 0 Å². The Labute approximate surface area is 144 Å². The number of methoxy groups -OCH3 is 1. The normalized spacial score (nSPS) is 29.1. The number of hydrogen-bond acceptors (Lipinski definition) is 5. The Morgan fingerprint density at radius 1 is 1.29 bits per heavy atom. The zero-order valence-electron chi connectivity index (χ0n) is 15.2. The predicted molar refractivity (Wildman–Crippen MR) is 91.4 cm³/mol. The molecular weight excluding hydrogens is 328 g/mol. The van der Waals surface area contributed by atoms with Crippen molar-refractivity contribution in [1.82, 2.24) is 19.0 Å². The number of rotatable bonds is 4. The van der Waals surface area contributed by atoms with Crippen LogP contribution in [0.3, 0.4) is 0 Å². The van der Waals surface area contributed by atoms with Crippen molar-refractivity contribution in [2.24, 2.45) is 13.0 Å². The predicted octanol–water partition coefficient (Wildman–Crippen LogP) is 0.767. The van der Waals surface area contributed by atoms with Gasteiger partial charge in [-0.15, -0.1) is 0 Å². The minimum Gasteiger partial charge on any atom is -0.381 e. The van der Waals surface area contributed by atoms with Crippen LogP contribution in [0.2, 0.25) is 0 Å². The Balaban J connectivity index is 1.99. The van der Waals surface area contributed by atoms with Crippen LogP contribution < -0.4 is 0 Å². The molecule has 0 unspecified atom stereocenters. The summed E-state index contributed by atoms with van der Waals surface area (Å²) in [7, 11) is -0.0328. The number of likely N-dealkylation sites (tertiary alicyclic amines) is 1. The Hall–Kier alpha value is -0.960. The molecule has 3 rings (SSSR count). The highest BCUT2D eigenvalue weighted by atomic mass is 32.2. The smallest absolute Gasteiger partial charge is 0.247 e. The third kappa shape index (κ3) is 2.69. The van der Waals surface area contributed by atoms with E-state index in [1.807, 2.05) is 6.92 Å². The average Bonchev–Trinajstić information content (AvgIpc) is 3.07. The van der Waals surface area contributed by atoms with Crippen LogP contribution in [0.1, 0.15) is 24.7 Å². The molecule has 3 heterocycles. The molecule has 0 aliphatic carbocycles. The van der Waals surface area contributed by atoms with Gasteiger partial charge in [0.05, 0.1) is 17.5 Å². The van der Waals surface area contributed by atoms with E-state index in [4.69, 9.17) is 4.74 Å². The molecule has 3 atom stereocenters. The molecule has 1 aromatic rings. The summed E-state index contributed by atoms with van der Waals surface area (Å²) in [6, 6.07) is -0.0207. The molecule has 7 nitrogen and oxygen atoms in total. The van der Waals surface area contributed by atoms with Crippen LogP contribution in [-0.2, 0) is 21.8 Å². The van der Waals surface area contributed by atoms with Crippen LogP contribution in [0.5, 0.6) is 0 Å². The number of nitrogens with zero attached hydrogens (tertiary/aromatic N) is 4. The minimum atomic E-state index is -3.55. The molecule has 2 aliphatic rings. The molecule has 1 aromatic heterocycles. The van der Waals surface area contributed by atoms with E-state index in [-0.39, 0.29) is 18.1 Å². The van der Waals surface area contributed by atoms with Crippen molar-refractivity contribution in [3.63, 3.8) is 0 Å². The van der Waals surface area contributed by atoms with Gasteiger partial charge >= 0.3 is 0 Å². The summed E-state index contributed by atoms with van der Waals surface area (Å²) in [6.07, 6.45) is 0.876. The monoisotopic (exact) mass is 356 g/mol.